The number of para-hydroxylation sites is 1. The Morgan fingerprint density at radius 2 is 2.35 bits per heavy atom. The van der Waals surface area contributed by atoms with Crippen LogP contribution in [0.2, 0.25) is 0 Å². The van der Waals surface area contributed by atoms with Crippen LogP contribution in [0.25, 0.3) is 10.9 Å². The maximum absolute atomic E-state index is 11.5. The van der Waals surface area contributed by atoms with Crippen LogP contribution in [-0.4, -0.2) is 22.7 Å². The van der Waals surface area contributed by atoms with Crippen LogP contribution in [0.15, 0.2) is 34.8 Å². The highest BCUT2D eigenvalue weighted by atomic mass is 79.9. The zero-order valence-electron chi connectivity index (χ0n) is 13.1. The van der Waals surface area contributed by atoms with E-state index in [9.17, 15) is 9.90 Å². The number of hydrogen-bond acceptors (Lipinski definition) is 2. The smallest absolute Gasteiger partial charge is 0.306 e. The molecule has 23 heavy (non-hydrogen) atoms. The first-order valence-corrected chi connectivity index (χ1v) is 8.63. The van der Waals surface area contributed by atoms with E-state index in [4.69, 9.17) is 4.74 Å². The van der Waals surface area contributed by atoms with Crippen LogP contribution >= 0.6 is 15.9 Å². The van der Waals surface area contributed by atoms with E-state index in [0.717, 1.165) is 33.9 Å². The van der Waals surface area contributed by atoms with Crippen molar-refractivity contribution in [1.29, 1.82) is 0 Å². The molecule has 2 aromatic rings. The Hall–Kier alpha value is -1.59. The number of rotatable bonds is 5. The second kappa shape index (κ2) is 6.49. The molecule has 0 saturated carbocycles. The maximum Gasteiger partial charge on any atom is 0.306 e. The number of ether oxygens (including phenoxy) is 1. The van der Waals surface area contributed by atoms with E-state index >= 15 is 0 Å². The Bertz CT molecular complexity index is 765. The Morgan fingerprint density at radius 3 is 3.09 bits per heavy atom. The molecule has 1 unspecified atom stereocenters. The van der Waals surface area contributed by atoms with Crippen molar-refractivity contribution in [2.45, 2.75) is 38.2 Å². The van der Waals surface area contributed by atoms with E-state index in [1.54, 1.807) is 0 Å². The van der Waals surface area contributed by atoms with E-state index in [-0.39, 0.29) is 6.42 Å². The first kappa shape index (κ1) is 16.3. The highest BCUT2D eigenvalue weighted by Crippen LogP contribution is 2.43. The summed E-state index contributed by atoms with van der Waals surface area (Å²) < 4.78 is 7.05. The SMILES string of the molecule is C/C=C/CCC1(CC(=O)O)OCCc2c1[nH]c1c(Br)cccc21. The molecule has 0 bridgehead atoms. The molecule has 0 spiro atoms. The molecule has 0 radical (unpaired) electrons. The predicted octanol–water partition coefficient (Wildman–Crippen LogP) is 4.53. The number of fused-ring (bicyclic) bond motifs is 3. The van der Waals surface area contributed by atoms with E-state index in [2.05, 4.69) is 33.1 Å². The lowest BCUT2D eigenvalue weighted by atomic mass is 9.84. The van der Waals surface area contributed by atoms with Crippen molar-refractivity contribution in [2.24, 2.45) is 0 Å². The van der Waals surface area contributed by atoms with Gasteiger partial charge < -0.3 is 14.8 Å². The molecule has 3 rings (SSSR count). The first-order chi connectivity index (χ1) is 11.1. The molecule has 122 valence electrons. The minimum Gasteiger partial charge on any atom is -0.481 e. The Kier molecular flexibility index (Phi) is 4.60. The predicted molar refractivity (Wildman–Crippen MR) is 93.6 cm³/mol. The van der Waals surface area contributed by atoms with Crippen molar-refractivity contribution in [2.75, 3.05) is 6.61 Å². The molecule has 2 N–H and O–H groups in total. The van der Waals surface area contributed by atoms with Gasteiger partial charge in [0.25, 0.3) is 0 Å². The highest BCUT2D eigenvalue weighted by Gasteiger charge is 2.41. The van der Waals surface area contributed by atoms with Gasteiger partial charge in [0.05, 0.1) is 24.2 Å². The minimum atomic E-state index is -0.837. The second-order valence-corrected chi connectivity index (χ2v) is 6.77. The standard InChI is InChI=1S/C18H20BrNO3/c1-2-3-4-9-18(11-15(21)22)17-13(8-10-23-18)12-6-5-7-14(19)16(12)20-17/h2-3,5-7,20H,4,8-11H2,1H3,(H,21,22)/b3-2+. The second-order valence-electron chi connectivity index (χ2n) is 5.91. The van der Waals surface area contributed by atoms with Crippen LogP contribution in [0.3, 0.4) is 0 Å². The van der Waals surface area contributed by atoms with Gasteiger partial charge in [-0.05, 0) is 53.7 Å². The number of H-pyrrole nitrogens is 1. The van der Waals surface area contributed by atoms with Crippen molar-refractivity contribution in [3.05, 3.63) is 46.1 Å². The molecule has 0 fully saturated rings. The number of benzene rings is 1. The summed E-state index contributed by atoms with van der Waals surface area (Å²) in [4.78, 5) is 14.9. The largest absolute Gasteiger partial charge is 0.481 e. The van der Waals surface area contributed by atoms with Crippen LogP contribution < -0.4 is 0 Å². The van der Waals surface area contributed by atoms with Crippen molar-refractivity contribution in [3.8, 4) is 0 Å². The Morgan fingerprint density at radius 1 is 1.52 bits per heavy atom. The van der Waals surface area contributed by atoms with Crippen LogP contribution in [0.4, 0.5) is 0 Å². The summed E-state index contributed by atoms with van der Waals surface area (Å²) in [6.07, 6.45) is 6.26. The number of carbonyl (C=O) groups is 1. The van der Waals surface area contributed by atoms with E-state index in [1.165, 1.54) is 5.56 Å². The fourth-order valence-electron chi connectivity index (χ4n) is 3.46. The lowest BCUT2D eigenvalue weighted by Crippen LogP contribution is -2.37. The number of carboxylic acids is 1. The third kappa shape index (κ3) is 2.95. The fraction of sp³-hybridized carbons (Fsp3) is 0.389. The zero-order chi connectivity index (χ0) is 16.4. The minimum absolute atomic E-state index is 0.0258. The lowest BCUT2D eigenvalue weighted by molar-refractivity contribution is -0.149. The molecule has 1 aliphatic rings. The molecular weight excluding hydrogens is 358 g/mol. The summed E-state index contributed by atoms with van der Waals surface area (Å²) in [7, 11) is 0. The Balaban J connectivity index is 2.14. The van der Waals surface area contributed by atoms with Gasteiger partial charge >= 0.3 is 5.97 Å². The number of allylic oxidation sites excluding steroid dienone is 2. The van der Waals surface area contributed by atoms with Gasteiger partial charge in [-0.25, -0.2) is 0 Å². The summed E-state index contributed by atoms with van der Waals surface area (Å²) in [5.74, 6) is -0.837. The van der Waals surface area contributed by atoms with Gasteiger partial charge in [0.2, 0.25) is 0 Å². The lowest BCUT2D eigenvalue weighted by Gasteiger charge is -2.36. The van der Waals surface area contributed by atoms with Crippen molar-refractivity contribution in [3.63, 3.8) is 0 Å². The number of hydrogen-bond donors (Lipinski definition) is 2. The summed E-state index contributed by atoms with van der Waals surface area (Å²) in [5, 5.41) is 10.6. The number of aromatic nitrogens is 1. The number of carboxylic acid groups (broad SMARTS) is 1. The van der Waals surface area contributed by atoms with E-state index in [0.29, 0.717) is 13.0 Å². The van der Waals surface area contributed by atoms with Gasteiger partial charge in [0.1, 0.15) is 5.60 Å². The number of aromatic amines is 1. The molecule has 2 heterocycles. The summed E-state index contributed by atoms with van der Waals surface area (Å²) in [5.41, 5.74) is 2.35. The van der Waals surface area contributed by atoms with Crippen LogP contribution in [-0.2, 0) is 21.6 Å². The van der Waals surface area contributed by atoms with Crippen LogP contribution in [0.5, 0.6) is 0 Å². The molecule has 0 aliphatic carbocycles. The molecule has 0 amide bonds. The first-order valence-electron chi connectivity index (χ1n) is 7.84. The molecule has 1 aromatic carbocycles. The maximum atomic E-state index is 11.5. The van der Waals surface area contributed by atoms with Crippen LogP contribution in [0.1, 0.15) is 37.4 Å². The topological polar surface area (TPSA) is 62.3 Å². The number of nitrogens with one attached hydrogen (secondary N) is 1. The molecule has 4 nitrogen and oxygen atoms in total. The van der Waals surface area contributed by atoms with Gasteiger partial charge in [0.15, 0.2) is 0 Å². The Labute approximate surface area is 143 Å². The normalized spacial score (nSPS) is 21.0. The summed E-state index contributed by atoms with van der Waals surface area (Å²) in [6, 6.07) is 6.08. The number of aliphatic carboxylic acids is 1. The molecule has 0 saturated heterocycles. The van der Waals surface area contributed by atoms with Crippen molar-refractivity contribution < 1.29 is 14.6 Å². The van der Waals surface area contributed by atoms with Gasteiger partial charge in [-0.2, -0.15) is 0 Å². The van der Waals surface area contributed by atoms with Crippen molar-refractivity contribution in [1.82, 2.24) is 4.98 Å². The molecule has 1 aliphatic heterocycles. The summed E-state index contributed by atoms with van der Waals surface area (Å²) in [6.45, 7) is 2.52. The van der Waals surface area contributed by atoms with E-state index < -0.39 is 11.6 Å². The molecule has 1 atom stereocenters. The molecular formula is C18H20BrNO3. The third-order valence-electron chi connectivity index (χ3n) is 4.46. The third-order valence-corrected chi connectivity index (χ3v) is 5.12. The zero-order valence-corrected chi connectivity index (χ0v) is 14.6. The average Bonchev–Trinajstić information content (AvgIpc) is 2.89. The van der Waals surface area contributed by atoms with Gasteiger partial charge in [-0.3, -0.25) is 4.79 Å². The molecule has 5 heteroatoms. The van der Waals surface area contributed by atoms with Gasteiger partial charge in [-0.15, -0.1) is 0 Å². The summed E-state index contributed by atoms with van der Waals surface area (Å²) >= 11 is 3.58. The molecule has 1 aromatic heterocycles. The number of halogens is 1. The highest BCUT2D eigenvalue weighted by molar-refractivity contribution is 9.10. The van der Waals surface area contributed by atoms with Crippen LogP contribution in [0, 0.1) is 0 Å². The van der Waals surface area contributed by atoms with E-state index in [1.807, 2.05) is 25.1 Å². The quantitative estimate of drug-likeness (QED) is 0.752. The van der Waals surface area contributed by atoms with Gasteiger partial charge in [0, 0.05) is 9.86 Å². The average molecular weight is 378 g/mol. The van der Waals surface area contributed by atoms with Crippen molar-refractivity contribution >= 4 is 32.8 Å². The van der Waals surface area contributed by atoms with Gasteiger partial charge in [-0.1, -0.05) is 24.3 Å². The monoisotopic (exact) mass is 377 g/mol. The fourth-order valence-corrected chi connectivity index (χ4v) is 3.92.